The van der Waals surface area contributed by atoms with Crippen LogP contribution in [0, 0.1) is 10.1 Å². The molecule has 1 N–H and O–H groups in total. The molecule has 0 aliphatic rings. The van der Waals surface area contributed by atoms with Gasteiger partial charge in [-0.2, -0.15) is 0 Å². The number of nitro groups is 1. The molecule has 1 aromatic carbocycles. The molecule has 0 amide bonds. The van der Waals surface area contributed by atoms with E-state index in [1.165, 1.54) is 25.3 Å². The van der Waals surface area contributed by atoms with E-state index in [1.54, 1.807) is 0 Å². The molecular formula is C13H17ClN2O5. The van der Waals surface area contributed by atoms with Gasteiger partial charge in [-0.05, 0) is 12.6 Å². The number of carbonyl (C=O) groups is 1. The molecule has 21 heavy (non-hydrogen) atoms. The first kappa shape index (κ1) is 17.2. The third-order valence-corrected chi connectivity index (χ3v) is 3.04. The number of likely N-dealkylation sites (N-methyl/N-ethyl adjacent to an activating group) is 1. The molecular weight excluding hydrogens is 300 g/mol. The smallest absolute Gasteiger partial charge is 0.322 e. The van der Waals surface area contributed by atoms with Crippen molar-refractivity contribution in [2.45, 2.75) is 19.4 Å². The number of esters is 1. The molecule has 0 radical (unpaired) electrons. The maximum atomic E-state index is 11.5. The van der Waals surface area contributed by atoms with Crippen molar-refractivity contribution in [3.63, 3.8) is 0 Å². The summed E-state index contributed by atoms with van der Waals surface area (Å²) < 4.78 is 10.1. The summed E-state index contributed by atoms with van der Waals surface area (Å²) in [4.78, 5) is 21.7. The number of carbonyl (C=O) groups excluding carboxylic acids is 1. The molecule has 0 spiro atoms. The average molecular weight is 317 g/mol. The third-order valence-electron chi connectivity index (χ3n) is 2.73. The minimum absolute atomic E-state index is 0.106. The maximum absolute atomic E-state index is 11.5. The van der Waals surface area contributed by atoms with Gasteiger partial charge < -0.3 is 14.8 Å². The molecule has 1 rings (SSSR count). The standard InChI is InChI=1S/C13H17ClN2O5/c1-3-15-11(13(17)20-2)6-7-21-12-8-9(16(18)19)4-5-10(12)14/h4-5,8,11,15H,3,6-7H2,1-2H3. The summed E-state index contributed by atoms with van der Waals surface area (Å²) in [6.07, 6.45) is 0.361. The van der Waals surface area contributed by atoms with E-state index in [4.69, 9.17) is 16.3 Å². The fraction of sp³-hybridized carbons (Fsp3) is 0.462. The molecule has 116 valence electrons. The van der Waals surface area contributed by atoms with Crippen LogP contribution in [0.3, 0.4) is 0 Å². The third kappa shape index (κ3) is 5.20. The second-order valence-corrected chi connectivity index (χ2v) is 4.55. The van der Waals surface area contributed by atoms with Crippen molar-refractivity contribution in [3.05, 3.63) is 33.3 Å². The first-order valence-corrected chi connectivity index (χ1v) is 6.75. The second kappa shape index (κ2) is 8.43. The normalized spacial score (nSPS) is 11.8. The van der Waals surface area contributed by atoms with E-state index in [0.717, 1.165) is 0 Å². The lowest BCUT2D eigenvalue weighted by Crippen LogP contribution is -2.38. The van der Waals surface area contributed by atoms with Gasteiger partial charge in [0.25, 0.3) is 5.69 Å². The number of hydrogen-bond donors (Lipinski definition) is 1. The van der Waals surface area contributed by atoms with Gasteiger partial charge in [-0.25, -0.2) is 0 Å². The summed E-state index contributed by atoms with van der Waals surface area (Å²) in [7, 11) is 1.31. The van der Waals surface area contributed by atoms with Gasteiger partial charge in [0.2, 0.25) is 0 Å². The predicted octanol–water partition coefficient (Wildman–Crippen LogP) is 2.17. The lowest BCUT2D eigenvalue weighted by Gasteiger charge is -2.15. The van der Waals surface area contributed by atoms with E-state index in [1.807, 2.05) is 6.92 Å². The number of hydrogen-bond acceptors (Lipinski definition) is 6. The molecule has 1 atom stereocenters. The Kier molecular flexibility index (Phi) is 6.90. The highest BCUT2D eigenvalue weighted by Crippen LogP contribution is 2.28. The van der Waals surface area contributed by atoms with Gasteiger partial charge in [0, 0.05) is 12.5 Å². The molecule has 8 heteroatoms. The van der Waals surface area contributed by atoms with E-state index < -0.39 is 11.0 Å². The Hall–Kier alpha value is -1.86. The number of halogens is 1. The first-order chi connectivity index (χ1) is 9.99. The van der Waals surface area contributed by atoms with Crippen LogP contribution in [-0.2, 0) is 9.53 Å². The average Bonchev–Trinajstić information content (AvgIpc) is 2.47. The lowest BCUT2D eigenvalue weighted by molar-refractivity contribution is -0.384. The zero-order valence-corrected chi connectivity index (χ0v) is 12.6. The molecule has 7 nitrogen and oxygen atoms in total. The molecule has 0 aliphatic heterocycles. The van der Waals surface area contributed by atoms with Crippen LogP contribution < -0.4 is 10.1 Å². The van der Waals surface area contributed by atoms with Crippen LogP contribution >= 0.6 is 11.6 Å². The van der Waals surface area contributed by atoms with Crippen molar-refractivity contribution < 1.29 is 19.2 Å². The number of nitro benzene ring substituents is 1. The van der Waals surface area contributed by atoms with Crippen molar-refractivity contribution in [3.8, 4) is 5.75 Å². The molecule has 0 aliphatic carbocycles. The van der Waals surface area contributed by atoms with E-state index in [2.05, 4.69) is 10.1 Å². The monoisotopic (exact) mass is 316 g/mol. The van der Waals surface area contributed by atoms with Gasteiger partial charge in [-0.1, -0.05) is 18.5 Å². The van der Waals surface area contributed by atoms with Crippen LogP contribution in [0.1, 0.15) is 13.3 Å². The Morgan fingerprint density at radius 3 is 2.81 bits per heavy atom. The molecule has 0 heterocycles. The number of non-ortho nitro benzene ring substituents is 1. The van der Waals surface area contributed by atoms with Crippen molar-refractivity contribution >= 4 is 23.3 Å². The second-order valence-electron chi connectivity index (χ2n) is 4.14. The van der Waals surface area contributed by atoms with E-state index in [9.17, 15) is 14.9 Å². The molecule has 1 aromatic rings. The van der Waals surface area contributed by atoms with Crippen LogP contribution in [0.15, 0.2) is 18.2 Å². The van der Waals surface area contributed by atoms with Crippen LogP contribution in [0.25, 0.3) is 0 Å². The lowest BCUT2D eigenvalue weighted by atomic mass is 10.2. The molecule has 0 fully saturated rings. The molecule has 0 bridgehead atoms. The minimum atomic E-state index is -0.529. The summed E-state index contributed by atoms with van der Waals surface area (Å²) in [6, 6.07) is 3.46. The maximum Gasteiger partial charge on any atom is 0.322 e. The number of rotatable bonds is 8. The fourth-order valence-electron chi connectivity index (χ4n) is 1.69. The molecule has 1 unspecified atom stereocenters. The van der Waals surface area contributed by atoms with Gasteiger partial charge in [0.05, 0.1) is 29.7 Å². The van der Waals surface area contributed by atoms with E-state index in [-0.39, 0.29) is 29.0 Å². The van der Waals surface area contributed by atoms with Crippen LogP contribution in [0.4, 0.5) is 5.69 Å². The first-order valence-electron chi connectivity index (χ1n) is 6.37. The van der Waals surface area contributed by atoms with Crippen LogP contribution in [-0.4, -0.2) is 37.2 Å². The number of methoxy groups -OCH3 is 1. The highest BCUT2D eigenvalue weighted by Gasteiger charge is 2.18. The van der Waals surface area contributed by atoms with Crippen LogP contribution in [0.5, 0.6) is 5.75 Å². The Bertz CT molecular complexity index is 509. The van der Waals surface area contributed by atoms with Crippen molar-refractivity contribution in [1.82, 2.24) is 5.32 Å². The Labute approximate surface area is 127 Å². The number of nitrogens with zero attached hydrogens (tertiary/aromatic N) is 1. The summed E-state index contributed by atoms with van der Waals surface area (Å²) in [5.74, 6) is -0.170. The van der Waals surface area contributed by atoms with Crippen molar-refractivity contribution in [2.75, 3.05) is 20.3 Å². The van der Waals surface area contributed by atoms with Crippen molar-refractivity contribution in [1.29, 1.82) is 0 Å². The number of benzene rings is 1. The highest BCUT2D eigenvalue weighted by atomic mass is 35.5. The minimum Gasteiger partial charge on any atom is -0.492 e. The largest absolute Gasteiger partial charge is 0.492 e. The summed E-state index contributed by atoms with van der Waals surface area (Å²) in [6.45, 7) is 2.65. The molecule has 0 saturated heterocycles. The van der Waals surface area contributed by atoms with Crippen LogP contribution in [0.2, 0.25) is 5.02 Å². The topological polar surface area (TPSA) is 90.7 Å². The van der Waals surface area contributed by atoms with Gasteiger partial charge >= 0.3 is 5.97 Å². The predicted molar refractivity (Wildman–Crippen MR) is 77.7 cm³/mol. The van der Waals surface area contributed by atoms with Gasteiger partial charge in [0.1, 0.15) is 11.8 Å². The Morgan fingerprint density at radius 1 is 1.52 bits per heavy atom. The number of ether oxygens (including phenoxy) is 2. The Morgan fingerprint density at radius 2 is 2.24 bits per heavy atom. The summed E-state index contributed by atoms with van der Waals surface area (Å²) >= 11 is 5.91. The van der Waals surface area contributed by atoms with Gasteiger partial charge in [0.15, 0.2) is 0 Å². The fourth-order valence-corrected chi connectivity index (χ4v) is 1.87. The van der Waals surface area contributed by atoms with Gasteiger partial charge in [-0.3, -0.25) is 14.9 Å². The number of nitrogens with one attached hydrogen (secondary N) is 1. The molecule has 0 aromatic heterocycles. The SMILES string of the molecule is CCNC(CCOc1cc([N+](=O)[O-])ccc1Cl)C(=O)OC. The summed E-state index contributed by atoms with van der Waals surface area (Å²) in [5, 5.41) is 13.9. The van der Waals surface area contributed by atoms with Crippen molar-refractivity contribution in [2.24, 2.45) is 0 Å². The quantitative estimate of drug-likeness (QED) is 0.449. The zero-order chi connectivity index (χ0) is 15.8. The van der Waals surface area contributed by atoms with E-state index in [0.29, 0.717) is 13.0 Å². The summed E-state index contributed by atoms with van der Waals surface area (Å²) in [5.41, 5.74) is -0.106. The van der Waals surface area contributed by atoms with Gasteiger partial charge in [-0.15, -0.1) is 0 Å². The Balaban J connectivity index is 2.64. The molecule has 0 saturated carbocycles. The highest BCUT2D eigenvalue weighted by molar-refractivity contribution is 6.32. The van der Waals surface area contributed by atoms with E-state index >= 15 is 0 Å². The zero-order valence-electron chi connectivity index (χ0n) is 11.8.